The Hall–Kier alpha value is -1.67. The minimum atomic E-state index is -0.647. The van der Waals surface area contributed by atoms with Crippen LogP contribution in [0.15, 0.2) is 29.2 Å². The fourth-order valence-electron chi connectivity index (χ4n) is 2.49. The molecule has 4 nitrogen and oxygen atoms in total. The standard InChI is InChI=1S/C16H20N2O2S/c1-12(21-14-7-5-13(20-2)6-8-14)15(19)18-16(11-17)9-3-4-10-16/h5-8,12H,3-4,9-10H2,1-2H3,(H,18,19). The molecule has 0 radical (unpaired) electrons. The predicted molar refractivity (Wildman–Crippen MR) is 83.3 cm³/mol. The fraction of sp³-hybridized carbons (Fsp3) is 0.500. The Kier molecular flexibility index (Phi) is 5.13. The number of amides is 1. The first-order valence-electron chi connectivity index (χ1n) is 7.12. The summed E-state index contributed by atoms with van der Waals surface area (Å²) in [4.78, 5) is 13.3. The third-order valence-electron chi connectivity index (χ3n) is 3.78. The maximum Gasteiger partial charge on any atom is 0.234 e. The van der Waals surface area contributed by atoms with Crippen molar-refractivity contribution in [2.24, 2.45) is 0 Å². The highest BCUT2D eigenvalue weighted by Crippen LogP contribution is 2.30. The second kappa shape index (κ2) is 6.86. The summed E-state index contributed by atoms with van der Waals surface area (Å²) in [6.07, 6.45) is 3.53. The second-order valence-corrected chi connectivity index (χ2v) is 6.74. The summed E-state index contributed by atoms with van der Waals surface area (Å²) in [5.41, 5.74) is -0.647. The summed E-state index contributed by atoms with van der Waals surface area (Å²) in [5.74, 6) is 0.727. The van der Waals surface area contributed by atoms with Gasteiger partial charge in [-0.25, -0.2) is 0 Å². The topological polar surface area (TPSA) is 62.1 Å². The lowest BCUT2D eigenvalue weighted by Gasteiger charge is -2.24. The van der Waals surface area contributed by atoms with Gasteiger partial charge in [-0.3, -0.25) is 4.79 Å². The lowest BCUT2D eigenvalue weighted by Crippen LogP contribution is -2.47. The van der Waals surface area contributed by atoms with E-state index >= 15 is 0 Å². The highest BCUT2D eigenvalue weighted by Gasteiger charge is 2.36. The normalized spacial score (nSPS) is 17.8. The average Bonchev–Trinajstić information content (AvgIpc) is 2.97. The molecular weight excluding hydrogens is 284 g/mol. The Morgan fingerprint density at radius 1 is 1.38 bits per heavy atom. The van der Waals surface area contributed by atoms with Crippen molar-refractivity contribution in [2.45, 2.75) is 48.3 Å². The average molecular weight is 304 g/mol. The molecule has 5 heteroatoms. The molecule has 1 saturated carbocycles. The van der Waals surface area contributed by atoms with E-state index in [2.05, 4.69) is 11.4 Å². The first-order valence-corrected chi connectivity index (χ1v) is 8.00. The monoisotopic (exact) mass is 304 g/mol. The van der Waals surface area contributed by atoms with Crippen LogP contribution in [-0.2, 0) is 4.79 Å². The number of hydrogen-bond donors (Lipinski definition) is 1. The summed E-state index contributed by atoms with van der Waals surface area (Å²) in [7, 11) is 1.63. The van der Waals surface area contributed by atoms with Gasteiger partial charge in [-0.15, -0.1) is 11.8 Å². The molecule has 0 heterocycles. The summed E-state index contributed by atoms with van der Waals surface area (Å²) in [6, 6.07) is 9.90. The van der Waals surface area contributed by atoms with E-state index in [0.717, 1.165) is 36.3 Å². The molecule has 2 rings (SSSR count). The molecule has 0 spiro atoms. The van der Waals surface area contributed by atoms with Crippen LogP contribution in [0.5, 0.6) is 5.75 Å². The third-order valence-corrected chi connectivity index (χ3v) is 4.89. The number of nitrogens with one attached hydrogen (secondary N) is 1. The number of carbonyl (C=O) groups is 1. The van der Waals surface area contributed by atoms with Gasteiger partial charge in [-0.1, -0.05) is 0 Å². The fourth-order valence-corrected chi connectivity index (χ4v) is 3.36. The number of benzene rings is 1. The Bertz CT molecular complexity index is 530. The highest BCUT2D eigenvalue weighted by atomic mass is 32.2. The first-order chi connectivity index (χ1) is 10.1. The van der Waals surface area contributed by atoms with E-state index in [-0.39, 0.29) is 11.2 Å². The molecule has 0 aliphatic heterocycles. The van der Waals surface area contributed by atoms with Crippen LogP contribution in [0.1, 0.15) is 32.6 Å². The minimum Gasteiger partial charge on any atom is -0.497 e. The zero-order valence-electron chi connectivity index (χ0n) is 12.4. The SMILES string of the molecule is COc1ccc(SC(C)C(=O)NC2(C#N)CCCC2)cc1. The van der Waals surface area contributed by atoms with Crippen molar-refractivity contribution in [1.29, 1.82) is 5.26 Å². The number of methoxy groups -OCH3 is 1. The first kappa shape index (κ1) is 15.7. The van der Waals surface area contributed by atoms with Crippen LogP contribution < -0.4 is 10.1 Å². The van der Waals surface area contributed by atoms with E-state index in [9.17, 15) is 10.1 Å². The molecule has 112 valence electrons. The lowest BCUT2D eigenvalue weighted by molar-refractivity contribution is -0.121. The van der Waals surface area contributed by atoms with Gasteiger partial charge in [0.15, 0.2) is 0 Å². The van der Waals surface area contributed by atoms with Crippen LogP contribution >= 0.6 is 11.8 Å². The molecule has 1 aliphatic rings. The summed E-state index contributed by atoms with van der Waals surface area (Å²) in [6.45, 7) is 1.87. The third kappa shape index (κ3) is 3.92. The van der Waals surface area contributed by atoms with Crippen LogP contribution in [0.25, 0.3) is 0 Å². The van der Waals surface area contributed by atoms with Crippen LogP contribution in [0, 0.1) is 11.3 Å². The van der Waals surface area contributed by atoms with Crippen LogP contribution in [0.4, 0.5) is 0 Å². The number of ether oxygens (including phenoxy) is 1. The van der Waals surface area contributed by atoms with Gasteiger partial charge in [0.2, 0.25) is 5.91 Å². The molecule has 21 heavy (non-hydrogen) atoms. The molecule has 1 aromatic carbocycles. The zero-order valence-corrected chi connectivity index (χ0v) is 13.2. The van der Waals surface area contributed by atoms with Gasteiger partial charge in [0.1, 0.15) is 11.3 Å². The minimum absolute atomic E-state index is 0.0701. The summed E-state index contributed by atoms with van der Waals surface area (Å²) >= 11 is 1.49. The number of hydrogen-bond acceptors (Lipinski definition) is 4. The molecule has 0 aromatic heterocycles. The quantitative estimate of drug-likeness (QED) is 0.849. The molecular formula is C16H20N2O2S. The van der Waals surface area contributed by atoms with E-state index < -0.39 is 5.54 Å². The van der Waals surface area contributed by atoms with Crippen molar-refractivity contribution < 1.29 is 9.53 Å². The van der Waals surface area contributed by atoms with Crippen LogP contribution in [0.3, 0.4) is 0 Å². The zero-order chi connectivity index (χ0) is 15.3. The van der Waals surface area contributed by atoms with E-state index in [1.54, 1.807) is 7.11 Å². The van der Waals surface area contributed by atoms with Gasteiger partial charge in [0.25, 0.3) is 0 Å². The van der Waals surface area contributed by atoms with Gasteiger partial charge in [-0.2, -0.15) is 5.26 Å². The smallest absolute Gasteiger partial charge is 0.234 e. The lowest BCUT2D eigenvalue weighted by atomic mass is 10.00. The Morgan fingerprint density at radius 2 is 2.00 bits per heavy atom. The van der Waals surface area contributed by atoms with E-state index in [4.69, 9.17) is 4.74 Å². The number of carbonyl (C=O) groups excluding carboxylic acids is 1. The number of rotatable bonds is 5. The van der Waals surface area contributed by atoms with Gasteiger partial charge in [-0.05, 0) is 56.9 Å². The molecule has 1 atom stereocenters. The number of nitrogens with zero attached hydrogens (tertiary/aromatic N) is 1. The van der Waals surface area contributed by atoms with E-state index in [1.807, 2.05) is 31.2 Å². The highest BCUT2D eigenvalue weighted by molar-refractivity contribution is 8.00. The van der Waals surface area contributed by atoms with Gasteiger partial charge in [0, 0.05) is 4.90 Å². The Labute approximate surface area is 129 Å². The van der Waals surface area contributed by atoms with Crippen LogP contribution in [-0.4, -0.2) is 23.8 Å². The number of nitriles is 1. The maximum absolute atomic E-state index is 12.3. The molecule has 1 unspecified atom stereocenters. The number of thioether (sulfide) groups is 1. The molecule has 1 amide bonds. The van der Waals surface area contributed by atoms with Crippen LogP contribution in [0.2, 0.25) is 0 Å². The van der Waals surface area contributed by atoms with Crippen molar-refractivity contribution >= 4 is 17.7 Å². The van der Waals surface area contributed by atoms with Crippen molar-refractivity contribution in [1.82, 2.24) is 5.32 Å². The van der Waals surface area contributed by atoms with Crippen molar-refractivity contribution in [3.63, 3.8) is 0 Å². The van der Waals surface area contributed by atoms with E-state index in [0.29, 0.717) is 0 Å². The predicted octanol–water partition coefficient (Wildman–Crippen LogP) is 3.13. The van der Waals surface area contributed by atoms with Gasteiger partial charge < -0.3 is 10.1 Å². The van der Waals surface area contributed by atoms with Gasteiger partial charge in [0.05, 0.1) is 18.4 Å². The molecule has 0 bridgehead atoms. The van der Waals surface area contributed by atoms with Crippen molar-refractivity contribution in [3.8, 4) is 11.8 Å². The molecule has 1 N–H and O–H groups in total. The largest absolute Gasteiger partial charge is 0.497 e. The van der Waals surface area contributed by atoms with Crippen molar-refractivity contribution in [2.75, 3.05) is 7.11 Å². The molecule has 1 fully saturated rings. The second-order valence-electron chi connectivity index (χ2n) is 5.33. The summed E-state index contributed by atoms with van der Waals surface area (Å²) < 4.78 is 5.11. The summed E-state index contributed by atoms with van der Waals surface area (Å²) in [5, 5.41) is 12.0. The van der Waals surface area contributed by atoms with Crippen molar-refractivity contribution in [3.05, 3.63) is 24.3 Å². The Balaban J connectivity index is 1.94. The Morgan fingerprint density at radius 3 is 2.52 bits per heavy atom. The van der Waals surface area contributed by atoms with E-state index in [1.165, 1.54) is 11.8 Å². The molecule has 1 aliphatic carbocycles. The maximum atomic E-state index is 12.3. The van der Waals surface area contributed by atoms with Gasteiger partial charge >= 0.3 is 0 Å². The molecule has 0 saturated heterocycles. The molecule has 1 aromatic rings.